The molecule has 6 heteroatoms. The number of carbonyl (C=O) groups excluding carboxylic acids is 1. The molecule has 1 aliphatic heterocycles. The van der Waals surface area contributed by atoms with Crippen molar-refractivity contribution in [2.24, 2.45) is 0 Å². The number of pyridine rings is 1. The maximum atomic E-state index is 13.0. The normalized spacial score (nSPS) is 17.0. The van der Waals surface area contributed by atoms with Gasteiger partial charge in [0.2, 0.25) is 5.78 Å². The Morgan fingerprint density at radius 2 is 1.77 bits per heavy atom. The van der Waals surface area contributed by atoms with Gasteiger partial charge in [0.1, 0.15) is 11.3 Å². The van der Waals surface area contributed by atoms with Gasteiger partial charge in [-0.1, -0.05) is 0 Å². The highest BCUT2D eigenvalue weighted by Crippen LogP contribution is 2.41. The lowest BCUT2D eigenvalue weighted by Crippen LogP contribution is -2.42. The number of ketones is 1. The summed E-state index contributed by atoms with van der Waals surface area (Å²) in [5, 5.41) is 3.82. The van der Waals surface area contributed by atoms with Gasteiger partial charge in [0.25, 0.3) is 0 Å². The molecule has 0 saturated carbocycles. The lowest BCUT2D eigenvalue weighted by atomic mass is 9.87. The van der Waals surface area contributed by atoms with E-state index < -0.39 is 11.2 Å². The zero-order valence-electron chi connectivity index (χ0n) is 14.3. The van der Waals surface area contributed by atoms with E-state index in [9.17, 15) is 9.59 Å². The van der Waals surface area contributed by atoms with Gasteiger partial charge in [-0.15, -0.1) is 0 Å². The van der Waals surface area contributed by atoms with E-state index in [1.807, 2.05) is 0 Å². The molecule has 3 heterocycles. The summed E-state index contributed by atoms with van der Waals surface area (Å²) in [7, 11) is 0. The number of Topliss-reactive ketones (excluding diaryl/α,β-unsaturated/α-hetero) is 1. The molecular formula is C20H16N2O4. The monoisotopic (exact) mass is 348 g/mol. The fourth-order valence-electron chi connectivity index (χ4n) is 2.95. The number of benzene rings is 1. The third-order valence-corrected chi connectivity index (χ3v) is 4.24. The summed E-state index contributed by atoms with van der Waals surface area (Å²) in [5.74, 6) is 0.296. The lowest BCUT2D eigenvalue weighted by molar-refractivity contribution is -0.126. The van der Waals surface area contributed by atoms with E-state index >= 15 is 0 Å². The van der Waals surface area contributed by atoms with Crippen LogP contribution >= 0.6 is 0 Å². The number of anilines is 1. The molecule has 6 nitrogen and oxygen atoms in total. The van der Waals surface area contributed by atoms with Crippen LogP contribution in [-0.4, -0.2) is 16.4 Å². The van der Waals surface area contributed by atoms with Crippen LogP contribution in [-0.2, 0) is 4.79 Å². The minimum atomic E-state index is -1.03. The summed E-state index contributed by atoms with van der Waals surface area (Å²) in [6, 6.07) is 10.2. The minimum absolute atomic E-state index is 0.203. The average Bonchev–Trinajstić information content (AvgIpc) is 2.62. The summed E-state index contributed by atoms with van der Waals surface area (Å²) in [4.78, 5) is 28.7. The number of fused-ring (bicyclic) bond motifs is 3. The molecule has 0 atom stereocenters. The van der Waals surface area contributed by atoms with Crippen molar-refractivity contribution in [3.63, 3.8) is 0 Å². The Morgan fingerprint density at radius 1 is 1.04 bits per heavy atom. The van der Waals surface area contributed by atoms with Crippen LogP contribution in [0.25, 0.3) is 16.5 Å². The SMILES string of the molecule is CC1(C)Oc2ccc3ccc(=O)oc3c2/C(=C/Nc2ccncc2)C1=O. The summed E-state index contributed by atoms with van der Waals surface area (Å²) >= 11 is 0. The standard InChI is InChI=1S/C20H16N2O4/c1-20(2)19(24)14(11-22-13-7-9-21-10-8-13)17-15(26-20)5-3-12-4-6-16(23)25-18(12)17/h3-11H,1-2H3,(H,21,22)/b14-11-. The summed E-state index contributed by atoms with van der Waals surface area (Å²) in [6.45, 7) is 3.42. The van der Waals surface area contributed by atoms with Crippen molar-refractivity contribution in [1.82, 2.24) is 4.98 Å². The van der Waals surface area contributed by atoms with Gasteiger partial charge in [-0.3, -0.25) is 9.78 Å². The first-order valence-corrected chi connectivity index (χ1v) is 8.13. The Morgan fingerprint density at radius 3 is 2.54 bits per heavy atom. The van der Waals surface area contributed by atoms with Crippen LogP contribution in [0.4, 0.5) is 5.69 Å². The number of rotatable bonds is 2. The maximum Gasteiger partial charge on any atom is 0.336 e. The van der Waals surface area contributed by atoms with E-state index in [0.717, 1.165) is 5.69 Å². The molecule has 0 bridgehead atoms. The van der Waals surface area contributed by atoms with Gasteiger partial charge < -0.3 is 14.5 Å². The van der Waals surface area contributed by atoms with E-state index in [0.29, 0.717) is 27.9 Å². The Kier molecular flexibility index (Phi) is 3.61. The third kappa shape index (κ3) is 2.65. The number of hydrogen-bond donors (Lipinski definition) is 1. The lowest BCUT2D eigenvalue weighted by Gasteiger charge is -2.32. The van der Waals surface area contributed by atoms with Gasteiger partial charge in [0.15, 0.2) is 5.60 Å². The van der Waals surface area contributed by atoms with Crippen molar-refractivity contribution in [3.05, 3.63) is 71.0 Å². The van der Waals surface area contributed by atoms with E-state index in [2.05, 4.69) is 10.3 Å². The van der Waals surface area contributed by atoms with Crippen LogP contribution in [0.2, 0.25) is 0 Å². The van der Waals surface area contributed by atoms with Crippen LogP contribution in [0.3, 0.4) is 0 Å². The zero-order valence-corrected chi connectivity index (χ0v) is 14.3. The van der Waals surface area contributed by atoms with Crippen LogP contribution in [0, 0.1) is 0 Å². The largest absolute Gasteiger partial charge is 0.479 e. The van der Waals surface area contributed by atoms with Gasteiger partial charge in [-0.05, 0) is 44.2 Å². The average molecular weight is 348 g/mol. The van der Waals surface area contributed by atoms with Crippen molar-refractivity contribution < 1.29 is 13.9 Å². The van der Waals surface area contributed by atoms with Crippen molar-refractivity contribution in [1.29, 1.82) is 0 Å². The van der Waals surface area contributed by atoms with Gasteiger partial charge in [0, 0.05) is 35.7 Å². The highest BCUT2D eigenvalue weighted by Gasteiger charge is 2.40. The highest BCUT2D eigenvalue weighted by atomic mass is 16.5. The van der Waals surface area contributed by atoms with E-state index in [-0.39, 0.29) is 5.78 Å². The van der Waals surface area contributed by atoms with E-state index in [1.165, 1.54) is 6.07 Å². The smallest absolute Gasteiger partial charge is 0.336 e. The summed E-state index contributed by atoms with van der Waals surface area (Å²) < 4.78 is 11.3. The topological polar surface area (TPSA) is 81.4 Å². The quantitative estimate of drug-likeness (QED) is 0.565. The molecule has 3 aromatic rings. The fraction of sp³-hybridized carbons (Fsp3) is 0.150. The molecule has 1 aliphatic rings. The number of hydrogen-bond acceptors (Lipinski definition) is 6. The Hall–Kier alpha value is -3.41. The Bertz CT molecular complexity index is 1100. The minimum Gasteiger partial charge on any atom is -0.479 e. The second-order valence-corrected chi connectivity index (χ2v) is 6.49. The van der Waals surface area contributed by atoms with Crippen LogP contribution in [0.1, 0.15) is 19.4 Å². The molecule has 0 radical (unpaired) electrons. The number of ether oxygens (including phenoxy) is 1. The third-order valence-electron chi connectivity index (χ3n) is 4.24. The van der Waals surface area contributed by atoms with Crippen LogP contribution in [0.15, 0.2) is 64.2 Å². The molecule has 0 spiro atoms. The molecular weight excluding hydrogens is 332 g/mol. The first-order valence-electron chi connectivity index (χ1n) is 8.13. The van der Waals surface area contributed by atoms with Gasteiger partial charge in [0.05, 0.1) is 11.1 Å². The first kappa shape index (κ1) is 16.1. The molecule has 4 rings (SSSR count). The predicted octanol–water partition coefficient (Wildman–Crippen LogP) is 3.38. The predicted molar refractivity (Wildman–Crippen MR) is 98.0 cm³/mol. The summed E-state index contributed by atoms with van der Waals surface area (Å²) in [6.07, 6.45) is 4.92. The number of nitrogens with one attached hydrogen (secondary N) is 1. The molecule has 1 aromatic carbocycles. The van der Waals surface area contributed by atoms with Crippen molar-refractivity contribution in [2.45, 2.75) is 19.4 Å². The fourth-order valence-corrected chi connectivity index (χ4v) is 2.95. The Balaban J connectivity index is 1.94. The van der Waals surface area contributed by atoms with E-state index in [1.54, 1.807) is 62.8 Å². The highest BCUT2D eigenvalue weighted by molar-refractivity contribution is 6.28. The molecule has 0 fully saturated rings. The molecule has 2 aromatic heterocycles. The molecule has 0 unspecified atom stereocenters. The second-order valence-electron chi connectivity index (χ2n) is 6.49. The van der Waals surface area contributed by atoms with Gasteiger partial charge in [-0.2, -0.15) is 0 Å². The molecule has 0 saturated heterocycles. The molecule has 130 valence electrons. The number of nitrogens with zero attached hydrogens (tertiary/aromatic N) is 1. The van der Waals surface area contributed by atoms with E-state index in [4.69, 9.17) is 9.15 Å². The molecule has 26 heavy (non-hydrogen) atoms. The van der Waals surface area contributed by atoms with Crippen molar-refractivity contribution in [2.75, 3.05) is 5.32 Å². The van der Waals surface area contributed by atoms with Crippen LogP contribution < -0.4 is 15.7 Å². The van der Waals surface area contributed by atoms with Crippen molar-refractivity contribution >= 4 is 28.0 Å². The molecule has 0 amide bonds. The molecule has 0 aliphatic carbocycles. The summed E-state index contributed by atoms with van der Waals surface area (Å²) in [5.41, 5.74) is 0.486. The Labute approximate surface area is 149 Å². The van der Waals surface area contributed by atoms with Gasteiger partial charge in [-0.25, -0.2) is 4.79 Å². The molecule has 1 N–H and O–H groups in total. The van der Waals surface area contributed by atoms with Gasteiger partial charge >= 0.3 is 5.63 Å². The zero-order chi connectivity index (χ0) is 18.3. The van der Waals surface area contributed by atoms with Crippen LogP contribution in [0.5, 0.6) is 5.75 Å². The second kappa shape index (κ2) is 5.84. The first-order chi connectivity index (χ1) is 12.5. The number of aromatic nitrogens is 1. The maximum absolute atomic E-state index is 13.0. The number of carbonyl (C=O) groups is 1. The van der Waals surface area contributed by atoms with Crippen molar-refractivity contribution in [3.8, 4) is 5.75 Å².